The Kier molecular flexibility index (Phi) is 2.31. The molecular formula is C9H8BrNO2. The number of hydrogen-bond donors (Lipinski definition) is 0. The van der Waals surface area contributed by atoms with Gasteiger partial charge in [-0.1, -0.05) is 0 Å². The summed E-state index contributed by atoms with van der Waals surface area (Å²) < 4.78 is 6.19. The highest BCUT2D eigenvalue weighted by atomic mass is 79.9. The Labute approximate surface area is 84.2 Å². The van der Waals surface area contributed by atoms with Crippen LogP contribution in [0.3, 0.4) is 0 Å². The minimum atomic E-state index is 0.319. The fourth-order valence-corrected chi connectivity index (χ4v) is 1.27. The fourth-order valence-electron chi connectivity index (χ4n) is 0.956. The summed E-state index contributed by atoms with van der Waals surface area (Å²) in [5, 5.41) is 0. The van der Waals surface area contributed by atoms with Crippen molar-refractivity contribution in [1.29, 1.82) is 0 Å². The molecular weight excluding hydrogens is 234 g/mol. The summed E-state index contributed by atoms with van der Waals surface area (Å²) >= 11 is 3.26. The highest BCUT2D eigenvalue weighted by Gasteiger charge is 2.24. The lowest BCUT2D eigenvalue weighted by Crippen LogP contribution is -1.98. The molecule has 0 amide bonds. The number of carbonyl (C=O) groups is 1. The third-order valence-corrected chi connectivity index (χ3v) is 2.38. The van der Waals surface area contributed by atoms with Crippen molar-refractivity contribution in [3.05, 3.63) is 22.4 Å². The Balaban J connectivity index is 2.24. The van der Waals surface area contributed by atoms with Gasteiger partial charge in [-0.2, -0.15) is 0 Å². The predicted molar refractivity (Wildman–Crippen MR) is 51.0 cm³/mol. The molecule has 1 aromatic rings. The molecule has 0 aromatic carbocycles. The van der Waals surface area contributed by atoms with E-state index < -0.39 is 0 Å². The summed E-state index contributed by atoms with van der Waals surface area (Å²) in [6.07, 6.45) is 4.78. The monoisotopic (exact) mass is 241 g/mol. The van der Waals surface area contributed by atoms with E-state index in [1.54, 1.807) is 6.07 Å². The number of aldehydes is 1. The van der Waals surface area contributed by atoms with E-state index in [2.05, 4.69) is 20.9 Å². The van der Waals surface area contributed by atoms with Gasteiger partial charge < -0.3 is 4.74 Å². The first-order chi connectivity index (χ1) is 6.29. The van der Waals surface area contributed by atoms with E-state index in [0.29, 0.717) is 22.0 Å². The first kappa shape index (κ1) is 8.69. The van der Waals surface area contributed by atoms with E-state index in [-0.39, 0.29) is 0 Å². The molecule has 0 unspecified atom stereocenters. The zero-order chi connectivity index (χ0) is 9.26. The lowest BCUT2D eigenvalue weighted by atomic mass is 10.3. The van der Waals surface area contributed by atoms with Gasteiger partial charge in [-0.3, -0.25) is 4.79 Å². The first-order valence-corrected chi connectivity index (χ1v) is 4.86. The molecule has 0 spiro atoms. The summed E-state index contributed by atoms with van der Waals surface area (Å²) in [6, 6.07) is 1.70. The zero-order valence-corrected chi connectivity index (χ0v) is 8.45. The van der Waals surface area contributed by atoms with Crippen LogP contribution in [-0.4, -0.2) is 17.4 Å². The number of nitrogens with zero attached hydrogens (tertiary/aromatic N) is 1. The Morgan fingerprint density at radius 3 is 3.00 bits per heavy atom. The third-order valence-electron chi connectivity index (χ3n) is 1.78. The summed E-state index contributed by atoms with van der Waals surface area (Å²) in [5.41, 5.74) is 0.541. The second kappa shape index (κ2) is 3.46. The molecule has 4 heteroatoms. The van der Waals surface area contributed by atoms with Crippen molar-refractivity contribution in [1.82, 2.24) is 4.98 Å². The van der Waals surface area contributed by atoms with Crippen molar-refractivity contribution in [3.63, 3.8) is 0 Å². The molecule has 13 heavy (non-hydrogen) atoms. The Bertz CT molecular complexity index is 336. The normalized spacial score (nSPS) is 15.5. The second-order valence-corrected chi connectivity index (χ2v) is 3.74. The van der Waals surface area contributed by atoms with Gasteiger partial charge in [0.1, 0.15) is 4.60 Å². The molecule has 2 rings (SSSR count). The van der Waals surface area contributed by atoms with Gasteiger partial charge in [0.15, 0.2) is 12.0 Å². The molecule has 0 N–H and O–H groups in total. The van der Waals surface area contributed by atoms with Gasteiger partial charge in [0.2, 0.25) is 0 Å². The number of rotatable bonds is 3. The molecule has 1 aliphatic carbocycles. The van der Waals surface area contributed by atoms with Crippen molar-refractivity contribution in [2.24, 2.45) is 0 Å². The van der Waals surface area contributed by atoms with Crippen LogP contribution in [0.25, 0.3) is 0 Å². The predicted octanol–water partition coefficient (Wildman–Crippen LogP) is 2.20. The van der Waals surface area contributed by atoms with Crippen LogP contribution in [0.4, 0.5) is 0 Å². The van der Waals surface area contributed by atoms with Crippen molar-refractivity contribution < 1.29 is 9.53 Å². The molecule has 1 saturated carbocycles. The van der Waals surface area contributed by atoms with Gasteiger partial charge in [0.05, 0.1) is 6.10 Å². The first-order valence-electron chi connectivity index (χ1n) is 4.07. The van der Waals surface area contributed by atoms with Crippen LogP contribution in [0.2, 0.25) is 0 Å². The van der Waals surface area contributed by atoms with Gasteiger partial charge in [-0.15, -0.1) is 0 Å². The number of aromatic nitrogens is 1. The average Bonchev–Trinajstić information content (AvgIpc) is 2.93. The van der Waals surface area contributed by atoms with Crippen molar-refractivity contribution >= 4 is 22.2 Å². The number of hydrogen-bond acceptors (Lipinski definition) is 3. The number of pyridine rings is 1. The summed E-state index contributed by atoms with van der Waals surface area (Å²) in [5.74, 6) is 0.659. The molecule has 1 fully saturated rings. The van der Waals surface area contributed by atoms with E-state index >= 15 is 0 Å². The van der Waals surface area contributed by atoms with Crippen LogP contribution in [0.1, 0.15) is 23.2 Å². The molecule has 0 saturated heterocycles. The molecule has 0 atom stereocenters. The molecule has 3 nitrogen and oxygen atoms in total. The van der Waals surface area contributed by atoms with Gasteiger partial charge in [-0.25, -0.2) is 4.98 Å². The smallest absolute Gasteiger partial charge is 0.153 e. The van der Waals surface area contributed by atoms with E-state index in [0.717, 1.165) is 19.1 Å². The number of halogens is 1. The van der Waals surface area contributed by atoms with Crippen LogP contribution in [0.15, 0.2) is 16.9 Å². The summed E-state index contributed by atoms with van der Waals surface area (Å²) in [4.78, 5) is 14.5. The highest BCUT2D eigenvalue weighted by Crippen LogP contribution is 2.31. The topological polar surface area (TPSA) is 39.2 Å². The highest BCUT2D eigenvalue weighted by molar-refractivity contribution is 9.10. The summed E-state index contributed by atoms with van der Waals surface area (Å²) in [7, 11) is 0. The van der Waals surface area contributed by atoms with E-state index in [9.17, 15) is 4.79 Å². The van der Waals surface area contributed by atoms with E-state index in [1.165, 1.54) is 6.20 Å². The molecule has 1 heterocycles. The van der Waals surface area contributed by atoms with Crippen LogP contribution >= 0.6 is 15.9 Å². The van der Waals surface area contributed by atoms with E-state index in [1.807, 2.05) is 0 Å². The van der Waals surface area contributed by atoms with Gasteiger partial charge in [0, 0.05) is 11.8 Å². The molecule has 0 radical (unpaired) electrons. The molecule has 68 valence electrons. The van der Waals surface area contributed by atoms with Crippen LogP contribution in [0, 0.1) is 0 Å². The quantitative estimate of drug-likeness (QED) is 0.602. The van der Waals surface area contributed by atoms with Crippen LogP contribution < -0.4 is 4.74 Å². The Morgan fingerprint density at radius 1 is 1.62 bits per heavy atom. The van der Waals surface area contributed by atoms with E-state index in [4.69, 9.17) is 4.74 Å². The van der Waals surface area contributed by atoms with Crippen molar-refractivity contribution in [2.45, 2.75) is 18.9 Å². The zero-order valence-electron chi connectivity index (χ0n) is 6.87. The van der Waals surface area contributed by atoms with Crippen molar-refractivity contribution in [3.8, 4) is 5.75 Å². The average molecular weight is 242 g/mol. The minimum absolute atomic E-state index is 0.319. The molecule has 1 aromatic heterocycles. The Hall–Kier alpha value is -0.900. The van der Waals surface area contributed by atoms with Crippen LogP contribution in [0.5, 0.6) is 5.75 Å². The van der Waals surface area contributed by atoms with Gasteiger partial charge in [-0.05, 0) is 34.8 Å². The van der Waals surface area contributed by atoms with Crippen LogP contribution in [-0.2, 0) is 0 Å². The minimum Gasteiger partial charge on any atom is -0.488 e. The lowest BCUT2D eigenvalue weighted by molar-refractivity contribution is 0.112. The Morgan fingerprint density at radius 2 is 2.38 bits per heavy atom. The maximum absolute atomic E-state index is 10.5. The molecule has 0 bridgehead atoms. The number of carbonyl (C=O) groups excluding carboxylic acids is 1. The maximum Gasteiger partial charge on any atom is 0.153 e. The third kappa shape index (κ3) is 2.06. The van der Waals surface area contributed by atoms with Gasteiger partial charge in [0.25, 0.3) is 0 Å². The SMILES string of the molecule is O=Cc1cnc(Br)c(OC2CC2)c1. The number of ether oxygens (including phenoxy) is 1. The van der Waals surface area contributed by atoms with Gasteiger partial charge >= 0.3 is 0 Å². The maximum atomic E-state index is 10.5. The summed E-state index contributed by atoms with van der Waals surface area (Å²) in [6.45, 7) is 0. The largest absolute Gasteiger partial charge is 0.488 e. The standard InChI is InChI=1S/C9H8BrNO2/c10-9-8(13-7-1-2-7)3-6(5-12)4-11-9/h3-5,7H,1-2H2. The molecule has 1 aliphatic rings. The lowest BCUT2D eigenvalue weighted by Gasteiger charge is -2.05. The van der Waals surface area contributed by atoms with Crippen molar-refractivity contribution in [2.75, 3.05) is 0 Å². The fraction of sp³-hybridized carbons (Fsp3) is 0.333. The molecule has 0 aliphatic heterocycles. The second-order valence-electron chi connectivity index (χ2n) is 2.99.